The molecule has 4 heterocycles. The third-order valence-corrected chi connectivity index (χ3v) is 7.99. The van der Waals surface area contributed by atoms with Gasteiger partial charge in [0.25, 0.3) is 11.8 Å². The molecule has 5 rings (SSSR count). The summed E-state index contributed by atoms with van der Waals surface area (Å²) >= 11 is 0. The first-order valence-corrected chi connectivity index (χ1v) is 12.1. The summed E-state index contributed by atoms with van der Waals surface area (Å²) in [6, 6.07) is 2.67. The van der Waals surface area contributed by atoms with Crippen LogP contribution in [0.4, 0.5) is 8.78 Å². The quantitative estimate of drug-likeness (QED) is 0.659. The molecule has 198 valence electrons. The summed E-state index contributed by atoms with van der Waals surface area (Å²) in [6.07, 6.45) is 2.06. The molecule has 0 aliphatic carbocycles. The van der Waals surface area contributed by atoms with Crippen LogP contribution in [0.2, 0.25) is 0 Å². The van der Waals surface area contributed by atoms with Crippen LogP contribution in [0, 0.1) is 11.6 Å². The lowest BCUT2D eigenvalue weighted by Crippen LogP contribution is -2.57. The molecule has 2 aromatic rings. The van der Waals surface area contributed by atoms with Gasteiger partial charge in [-0.25, -0.2) is 8.78 Å². The number of carbonyl (C=O) groups is 2. The topological polar surface area (TPSA) is 110 Å². The maximum atomic E-state index is 14.5. The predicted octanol–water partition coefficient (Wildman–Crippen LogP) is 1.83. The lowest BCUT2D eigenvalue weighted by Gasteiger charge is -2.45. The van der Waals surface area contributed by atoms with Crippen LogP contribution in [0.15, 0.2) is 29.2 Å². The highest BCUT2D eigenvalue weighted by atomic mass is 19.1. The van der Waals surface area contributed by atoms with Crippen LogP contribution < -0.4 is 15.9 Å². The normalized spacial score (nSPS) is 27.9. The Hall–Kier alpha value is -3.35. The predicted molar refractivity (Wildman–Crippen MR) is 127 cm³/mol. The number of nitrogens with zero attached hydrogens (tertiary/aromatic N) is 4. The fourth-order valence-corrected chi connectivity index (χ4v) is 5.75. The SMILES string of the molecule is COc1c2n(cc(C(N)=O)c1=O)[C@@H]1CN(C2=O)[C@@H](C)CC[C@@]12ON(Cc1ccc(F)cc1F)C(C)N2C. The van der Waals surface area contributed by atoms with Crippen LogP contribution in [-0.2, 0) is 11.4 Å². The molecule has 0 saturated carbocycles. The van der Waals surface area contributed by atoms with Crippen molar-refractivity contribution < 1.29 is 27.9 Å². The van der Waals surface area contributed by atoms with Gasteiger partial charge in [0.05, 0.1) is 25.9 Å². The van der Waals surface area contributed by atoms with E-state index in [1.54, 1.807) is 14.5 Å². The van der Waals surface area contributed by atoms with Gasteiger partial charge in [-0.05, 0) is 39.8 Å². The van der Waals surface area contributed by atoms with Crippen molar-refractivity contribution in [2.45, 2.75) is 57.2 Å². The van der Waals surface area contributed by atoms with Crippen molar-refractivity contribution in [2.75, 3.05) is 20.7 Å². The van der Waals surface area contributed by atoms with E-state index in [0.29, 0.717) is 12.8 Å². The molecule has 3 aliphatic heterocycles. The number of carbonyl (C=O) groups excluding carboxylic acids is 2. The molecule has 2 bridgehead atoms. The number of ether oxygens (including phenoxy) is 1. The molecule has 2 N–H and O–H groups in total. The molecule has 10 nitrogen and oxygen atoms in total. The van der Waals surface area contributed by atoms with Crippen molar-refractivity contribution in [1.29, 1.82) is 0 Å². The van der Waals surface area contributed by atoms with Gasteiger partial charge < -0.3 is 19.9 Å². The Morgan fingerprint density at radius 2 is 2.00 bits per heavy atom. The molecule has 2 amide bonds. The lowest BCUT2D eigenvalue weighted by molar-refractivity contribution is -0.238. The van der Waals surface area contributed by atoms with Gasteiger partial charge in [-0.2, -0.15) is 5.06 Å². The first-order chi connectivity index (χ1) is 17.5. The van der Waals surface area contributed by atoms with Gasteiger partial charge in [-0.15, -0.1) is 0 Å². The van der Waals surface area contributed by atoms with E-state index >= 15 is 0 Å². The van der Waals surface area contributed by atoms with Crippen molar-refractivity contribution in [2.24, 2.45) is 5.73 Å². The average molecular weight is 518 g/mol. The summed E-state index contributed by atoms with van der Waals surface area (Å²) in [5.74, 6) is -2.92. The number of benzene rings is 1. The van der Waals surface area contributed by atoms with Crippen molar-refractivity contribution in [3.8, 4) is 5.75 Å². The molecule has 1 unspecified atom stereocenters. The Kier molecular flexibility index (Phi) is 6.08. The van der Waals surface area contributed by atoms with E-state index < -0.39 is 34.7 Å². The molecule has 37 heavy (non-hydrogen) atoms. The van der Waals surface area contributed by atoms with E-state index in [-0.39, 0.29) is 53.8 Å². The zero-order chi connectivity index (χ0) is 26.8. The highest BCUT2D eigenvalue weighted by Crippen LogP contribution is 2.48. The molecule has 0 radical (unpaired) electrons. The Morgan fingerprint density at radius 3 is 2.65 bits per heavy atom. The van der Waals surface area contributed by atoms with E-state index in [1.807, 2.05) is 25.8 Å². The van der Waals surface area contributed by atoms with Gasteiger partial charge >= 0.3 is 0 Å². The summed E-state index contributed by atoms with van der Waals surface area (Å²) in [5.41, 5.74) is 3.71. The highest BCUT2D eigenvalue weighted by molar-refractivity contribution is 5.99. The molecule has 2 fully saturated rings. The monoisotopic (exact) mass is 517 g/mol. The van der Waals surface area contributed by atoms with Gasteiger partial charge in [0.2, 0.25) is 5.43 Å². The van der Waals surface area contributed by atoms with Gasteiger partial charge in [0.1, 0.15) is 17.2 Å². The molecule has 1 aromatic carbocycles. The fourth-order valence-electron chi connectivity index (χ4n) is 5.75. The van der Waals surface area contributed by atoms with Gasteiger partial charge in [0, 0.05) is 30.4 Å². The number of methoxy groups -OCH3 is 1. The van der Waals surface area contributed by atoms with Crippen molar-refractivity contribution in [3.63, 3.8) is 0 Å². The minimum absolute atomic E-state index is 0.0227. The van der Waals surface area contributed by atoms with Crippen molar-refractivity contribution in [1.82, 2.24) is 19.4 Å². The van der Waals surface area contributed by atoms with E-state index in [0.717, 1.165) is 6.07 Å². The number of nitrogens with two attached hydrogens (primary N) is 1. The lowest BCUT2D eigenvalue weighted by atomic mass is 9.94. The van der Waals surface area contributed by atoms with Gasteiger partial charge in [0.15, 0.2) is 17.2 Å². The van der Waals surface area contributed by atoms with Gasteiger partial charge in [-0.1, -0.05) is 6.07 Å². The minimum Gasteiger partial charge on any atom is -0.491 e. The number of amides is 2. The molecule has 2 saturated heterocycles. The third-order valence-electron chi connectivity index (χ3n) is 7.99. The molecule has 1 aromatic heterocycles. The van der Waals surface area contributed by atoms with Crippen LogP contribution in [-0.4, -0.2) is 69.9 Å². The first kappa shape index (κ1) is 25.3. The van der Waals surface area contributed by atoms with Crippen molar-refractivity contribution in [3.05, 3.63) is 63.1 Å². The van der Waals surface area contributed by atoms with E-state index in [4.69, 9.17) is 15.3 Å². The second kappa shape index (κ2) is 8.89. The molecule has 1 spiro atoms. The summed E-state index contributed by atoms with van der Waals surface area (Å²) < 4.78 is 34.9. The number of pyridine rings is 1. The van der Waals surface area contributed by atoms with Crippen LogP contribution in [0.5, 0.6) is 5.75 Å². The van der Waals surface area contributed by atoms with Crippen LogP contribution in [0.25, 0.3) is 0 Å². The Labute approximate surface area is 212 Å². The second-order valence-electron chi connectivity index (χ2n) is 9.88. The van der Waals surface area contributed by atoms with Crippen LogP contribution >= 0.6 is 0 Å². The zero-order valence-corrected chi connectivity index (χ0v) is 21.0. The number of halogens is 2. The number of likely N-dealkylation sites (N-methyl/N-ethyl adjacent to an activating group) is 1. The smallest absolute Gasteiger partial charge is 0.274 e. The summed E-state index contributed by atoms with van der Waals surface area (Å²) in [5, 5.41) is 1.63. The molecule has 12 heteroatoms. The van der Waals surface area contributed by atoms with Crippen LogP contribution in [0.1, 0.15) is 59.1 Å². The Bertz CT molecular complexity index is 1350. The summed E-state index contributed by atoms with van der Waals surface area (Å²) in [4.78, 5) is 49.0. The summed E-state index contributed by atoms with van der Waals surface area (Å²) in [7, 11) is 3.14. The second-order valence-corrected chi connectivity index (χ2v) is 9.88. The van der Waals surface area contributed by atoms with E-state index in [1.165, 1.54) is 25.4 Å². The number of fused-ring (bicyclic) bond motifs is 5. The number of hydrogen-bond donors (Lipinski definition) is 1. The molecule has 3 aliphatic rings. The van der Waals surface area contributed by atoms with E-state index in [9.17, 15) is 23.2 Å². The number of hydrogen-bond acceptors (Lipinski definition) is 7. The first-order valence-electron chi connectivity index (χ1n) is 12.1. The largest absolute Gasteiger partial charge is 0.491 e. The fraction of sp³-hybridized carbons (Fsp3) is 0.480. The number of hydroxylamine groups is 2. The molecular weight excluding hydrogens is 488 g/mol. The summed E-state index contributed by atoms with van der Waals surface area (Å²) in [6.45, 7) is 4.12. The number of rotatable bonds is 4. The average Bonchev–Trinajstić information content (AvgIpc) is 3.00. The van der Waals surface area contributed by atoms with Gasteiger partial charge in [-0.3, -0.25) is 24.1 Å². The van der Waals surface area contributed by atoms with E-state index in [2.05, 4.69) is 0 Å². The Balaban J connectivity index is 1.65. The minimum atomic E-state index is -1.02. The standard InChI is InChI=1S/C25H29F2N5O5/c1-13-7-8-25(29(3)14(2)32(37-25)10-15-5-6-16(26)9-18(15)27)19-12-30(13)24(35)20-22(36-4)21(33)17(23(28)34)11-31(19)20/h5-6,9,11,13-14,19H,7-8,10,12H2,1-4H3,(H2,28,34)/t13-,14?,19+,25+/m0/s1. The maximum Gasteiger partial charge on any atom is 0.274 e. The number of primary amides is 1. The molecule has 4 atom stereocenters. The van der Waals surface area contributed by atoms with Crippen molar-refractivity contribution >= 4 is 11.8 Å². The van der Waals surface area contributed by atoms with Crippen LogP contribution in [0.3, 0.4) is 0 Å². The third kappa shape index (κ3) is 3.73. The molecular formula is C25H29F2N5O5. The maximum absolute atomic E-state index is 14.5. The highest BCUT2D eigenvalue weighted by Gasteiger charge is 2.58. The Morgan fingerprint density at radius 1 is 1.27 bits per heavy atom. The zero-order valence-electron chi connectivity index (χ0n) is 21.0. The number of aromatic nitrogens is 1.